The summed E-state index contributed by atoms with van der Waals surface area (Å²) in [5, 5.41) is 0. The molecule has 0 aromatic rings. The van der Waals surface area contributed by atoms with Crippen molar-refractivity contribution < 1.29 is 89.3 Å². The predicted octanol–water partition coefficient (Wildman–Crippen LogP) is 7.80. The average molecular weight is 656 g/mol. The zero-order chi connectivity index (χ0) is 34.4. The smallest absolute Gasteiger partial charge is 0.381 e. The Hall–Kier alpha value is -2.44. The van der Waals surface area contributed by atoms with Crippen LogP contribution in [0.25, 0.3) is 0 Å². The lowest BCUT2D eigenvalue weighted by molar-refractivity contribution is -0.386. The van der Waals surface area contributed by atoms with Gasteiger partial charge >= 0.3 is 59.3 Å². The van der Waals surface area contributed by atoms with Crippen molar-refractivity contribution in [3.8, 4) is 0 Å². The molecule has 0 heterocycles. The van der Waals surface area contributed by atoms with E-state index in [1.165, 1.54) is 0 Å². The first-order valence-corrected chi connectivity index (χ1v) is 11.0. The maximum atomic E-state index is 13.8. The Morgan fingerprint density at radius 3 is 0.833 bits per heavy atom. The first kappa shape index (κ1) is 39.6. The van der Waals surface area contributed by atoms with Crippen LogP contribution in [0.1, 0.15) is 41.5 Å². The first-order valence-electron chi connectivity index (χ1n) is 11.0. The molecule has 0 aliphatic carbocycles. The molecule has 20 heteroatoms. The Morgan fingerprint density at radius 2 is 0.643 bits per heavy atom. The summed E-state index contributed by atoms with van der Waals surface area (Å²) in [6.07, 6.45) is -0.839. The molecular weight excluding hydrogens is 632 g/mol. The first-order chi connectivity index (χ1) is 18.0. The zero-order valence-electron chi connectivity index (χ0n) is 22.2. The minimum atomic E-state index is -6.86. The molecule has 0 saturated carbocycles. The predicted molar refractivity (Wildman–Crippen MR) is 110 cm³/mol. The molecule has 0 rings (SSSR count). The molecule has 0 atom stereocenters. The molecular formula is C22H24F16O4. The van der Waals surface area contributed by atoms with Crippen LogP contribution in [0.3, 0.4) is 0 Å². The molecule has 248 valence electrons. The third-order valence-corrected chi connectivity index (χ3v) is 5.53. The largest absolute Gasteiger partial charge is 0.456 e. The van der Waals surface area contributed by atoms with E-state index in [1.807, 2.05) is 0 Å². The van der Waals surface area contributed by atoms with Crippen LogP contribution in [-0.4, -0.2) is 72.5 Å². The van der Waals surface area contributed by atoms with Gasteiger partial charge < -0.3 is 9.47 Å². The summed E-state index contributed by atoms with van der Waals surface area (Å²) < 4.78 is 228. The van der Waals surface area contributed by atoms with Gasteiger partial charge in [-0.05, 0) is 0 Å². The number of hydrogen-bond donors (Lipinski definition) is 0. The minimum absolute atomic E-state index is 0.322. The summed E-state index contributed by atoms with van der Waals surface area (Å²) >= 11 is 0. The normalized spacial score (nSPS) is 15.7. The van der Waals surface area contributed by atoms with Gasteiger partial charge in [0, 0.05) is 23.0 Å². The Balaban J connectivity index is 5.55. The monoisotopic (exact) mass is 656 g/mol. The summed E-state index contributed by atoms with van der Waals surface area (Å²) in [5.74, 6) is -55.7. The van der Waals surface area contributed by atoms with Crippen LogP contribution >= 0.6 is 0 Å². The van der Waals surface area contributed by atoms with Gasteiger partial charge in [-0.15, -0.1) is 0 Å². The lowest BCUT2D eigenvalue weighted by Gasteiger charge is -2.41. The summed E-state index contributed by atoms with van der Waals surface area (Å²) in [5.41, 5.74) is -5.97. The summed E-state index contributed by atoms with van der Waals surface area (Å²) in [7, 11) is 0. The number of rotatable bonds is 12. The highest BCUT2D eigenvalue weighted by Gasteiger charge is 2.83. The van der Waals surface area contributed by atoms with E-state index in [2.05, 4.69) is 9.47 Å². The number of ether oxygens (including phenoxy) is 2. The molecule has 0 aromatic carbocycles. The number of esters is 2. The van der Waals surface area contributed by atoms with Crippen LogP contribution in [0.4, 0.5) is 70.2 Å². The van der Waals surface area contributed by atoms with Crippen LogP contribution in [-0.2, 0) is 19.1 Å². The van der Waals surface area contributed by atoms with Gasteiger partial charge in [0.15, 0.2) is 13.2 Å². The van der Waals surface area contributed by atoms with Crippen LogP contribution in [0, 0.1) is 10.8 Å². The van der Waals surface area contributed by atoms with Gasteiger partial charge in [0.2, 0.25) is 0 Å². The Morgan fingerprint density at radius 1 is 0.429 bits per heavy atom. The van der Waals surface area contributed by atoms with Gasteiger partial charge in [0.05, 0.1) is 0 Å². The fourth-order valence-corrected chi connectivity index (χ4v) is 2.53. The van der Waals surface area contributed by atoms with Crippen LogP contribution < -0.4 is 0 Å². The fourth-order valence-electron chi connectivity index (χ4n) is 2.53. The van der Waals surface area contributed by atoms with Crippen molar-refractivity contribution in [3.05, 3.63) is 12.2 Å². The molecule has 42 heavy (non-hydrogen) atoms. The zero-order valence-corrected chi connectivity index (χ0v) is 22.2. The van der Waals surface area contributed by atoms with Crippen LogP contribution in [0.5, 0.6) is 0 Å². The second-order valence-electron chi connectivity index (χ2n) is 10.9. The van der Waals surface area contributed by atoms with E-state index in [9.17, 15) is 79.8 Å². The van der Waals surface area contributed by atoms with Gasteiger partial charge in [-0.2, -0.15) is 70.2 Å². The Bertz CT molecular complexity index is 940. The molecule has 0 saturated heterocycles. The van der Waals surface area contributed by atoms with Crippen molar-refractivity contribution >= 4 is 11.9 Å². The summed E-state index contributed by atoms with van der Waals surface area (Å²) in [6, 6.07) is 0. The molecule has 0 N–H and O–H groups in total. The summed E-state index contributed by atoms with van der Waals surface area (Å²) in [4.78, 5) is 22.7. The van der Waals surface area contributed by atoms with Crippen molar-refractivity contribution in [2.45, 2.75) is 88.9 Å². The molecule has 0 aliphatic rings. The van der Waals surface area contributed by atoms with E-state index >= 15 is 0 Å². The molecule has 0 fully saturated rings. The third kappa shape index (κ3) is 6.70. The average Bonchev–Trinajstić information content (AvgIpc) is 2.77. The highest BCUT2D eigenvalue weighted by Crippen LogP contribution is 2.59. The molecule has 0 spiro atoms. The molecule has 4 nitrogen and oxygen atoms in total. The van der Waals surface area contributed by atoms with Gasteiger partial charge in [0.25, 0.3) is 0 Å². The molecule has 0 radical (unpaired) electrons. The van der Waals surface area contributed by atoms with Crippen molar-refractivity contribution in [1.82, 2.24) is 0 Å². The van der Waals surface area contributed by atoms with E-state index in [1.54, 1.807) is 0 Å². The number of halogens is 16. The molecule has 0 aromatic heterocycles. The molecule has 0 aliphatic heterocycles. The molecule has 0 unspecified atom stereocenters. The maximum Gasteiger partial charge on any atom is 0.381 e. The van der Waals surface area contributed by atoms with E-state index in [0.29, 0.717) is 41.5 Å². The van der Waals surface area contributed by atoms with Crippen LogP contribution in [0.2, 0.25) is 0 Å². The van der Waals surface area contributed by atoms with E-state index in [-0.39, 0.29) is 0 Å². The third-order valence-electron chi connectivity index (χ3n) is 5.53. The van der Waals surface area contributed by atoms with Gasteiger partial charge in [0.1, 0.15) is 0 Å². The topological polar surface area (TPSA) is 52.6 Å². The molecule has 0 amide bonds. The highest BCUT2D eigenvalue weighted by molar-refractivity contribution is 5.91. The summed E-state index contributed by atoms with van der Waals surface area (Å²) in [6.45, 7) is -4.10. The van der Waals surface area contributed by atoms with Gasteiger partial charge in [-0.1, -0.05) is 41.5 Å². The lowest BCUT2D eigenvalue weighted by Crippen LogP contribution is -2.66. The number of carbonyl (C=O) groups excluding carboxylic acids is 2. The fraction of sp³-hybridized carbons (Fsp3) is 0.818. The van der Waals surface area contributed by atoms with Crippen molar-refractivity contribution in [2.24, 2.45) is 10.8 Å². The highest BCUT2D eigenvalue weighted by atomic mass is 19.4. The number of carbonyl (C=O) groups is 2. The Kier molecular flexibility index (Phi) is 10.6. The van der Waals surface area contributed by atoms with Gasteiger partial charge in [-0.25, -0.2) is 9.59 Å². The van der Waals surface area contributed by atoms with E-state index < -0.39 is 95.5 Å². The second-order valence-corrected chi connectivity index (χ2v) is 10.9. The molecule has 0 bridgehead atoms. The van der Waals surface area contributed by atoms with Gasteiger partial charge in [-0.3, -0.25) is 0 Å². The quantitative estimate of drug-likeness (QED) is 0.122. The van der Waals surface area contributed by atoms with Crippen molar-refractivity contribution in [3.63, 3.8) is 0 Å². The number of hydrogen-bond acceptors (Lipinski definition) is 4. The Labute approximate surface area is 227 Å². The second kappa shape index (κ2) is 11.2. The van der Waals surface area contributed by atoms with Crippen LogP contribution in [0.15, 0.2) is 12.2 Å². The minimum Gasteiger partial charge on any atom is -0.456 e. The van der Waals surface area contributed by atoms with Crippen molar-refractivity contribution in [2.75, 3.05) is 13.2 Å². The standard InChI is InChI=1S/C22H24F16O4/c1-13(2,3)17(27,28)21(35,36)19(31,32)15(23,24)9-41-11(39)7-8-12(40)42-10-16(25,26)20(33,34)22(37,38)18(29,30)14(4,5)6/h7-8H,9-10H2,1-6H3/b8-7+. The number of alkyl halides is 16. The lowest BCUT2D eigenvalue weighted by atomic mass is 9.80. The SMILES string of the molecule is CC(C)(C)C(F)(F)C(F)(F)C(F)(F)C(F)(F)COC(=O)/C=C/C(=O)OCC(F)(F)C(F)(F)C(F)(F)C(F)(F)C(C)(C)C. The van der Waals surface area contributed by atoms with E-state index in [4.69, 9.17) is 0 Å². The van der Waals surface area contributed by atoms with E-state index in [0.717, 1.165) is 0 Å². The van der Waals surface area contributed by atoms with Crippen molar-refractivity contribution in [1.29, 1.82) is 0 Å². The maximum absolute atomic E-state index is 13.8.